The lowest BCUT2D eigenvalue weighted by Gasteiger charge is -2.07. The smallest absolute Gasteiger partial charge is 0.306 e. The van der Waals surface area contributed by atoms with Gasteiger partial charge in [0.05, 0.1) is 11.1 Å². The molecule has 0 N–H and O–H groups in total. The summed E-state index contributed by atoms with van der Waals surface area (Å²) in [6, 6.07) is 0.787. The van der Waals surface area contributed by atoms with Crippen molar-refractivity contribution in [3.63, 3.8) is 0 Å². The molecule has 2 aromatic heterocycles. The standard InChI is InChI=1S/C9H5F3N2O/c10-9(11,12)7-3-6(5-15)8-13-1-2-14(8)4-7/h1-5H. The fourth-order valence-corrected chi connectivity index (χ4v) is 1.30. The van der Waals surface area contributed by atoms with Crippen LogP contribution in [0.25, 0.3) is 5.65 Å². The van der Waals surface area contributed by atoms with Crippen molar-refractivity contribution in [2.45, 2.75) is 6.18 Å². The minimum absolute atomic E-state index is 0.0742. The molecule has 0 spiro atoms. The summed E-state index contributed by atoms with van der Waals surface area (Å²) in [6.45, 7) is 0. The van der Waals surface area contributed by atoms with Crippen LogP contribution < -0.4 is 0 Å². The first-order valence-corrected chi connectivity index (χ1v) is 4.01. The highest BCUT2D eigenvalue weighted by Crippen LogP contribution is 2.30. The lowest BCUT2D eigenvalue weighted by atomic mass is 10.2. The highest BCUT2D eigenvalue weighted by Gasteiger charge is 2.31. The van der Waals surface area contributed by atoms with Gasteiger partial charge in [0.25, 0.3) is 0 Å². The summed E-state index contributed by atoms with van der Waals surface area (Å²) >= 11 is 0. The van der Waals surface area contributed by atoms with Gasteiger partial charge in [-0.3, -0.25) is 4.79 Å². The maximum atomic E-state index is 12.4. The normalized spacial score (nSPS) is 11.9. The van der Waals surface area contributed by atoms with Gasteiger partial charge in [-0.25, -0.2) is 4.98 Å². The van der Waals surface area contributed by atoms with Crippen molar-refractivity contribution in [1.29, 1.82) is 0 Å². The van der Waals surface area contributed by atoms with E-state index in [0.29, 0.717) is 6.29 Å². The molecule has 3 nitrogen and oxygen atoms in total. The van der Waals surface area contributed by atoms with Crippen LogP contribution in [-0.4, -0.2) is 15.7 Å². The predicted octanol–water partition coefficient (Wildman–Crippen LogP) is 2.17. The Balaban J connectivity index is 2.74. The second kappa shape index (κ2) is 3.08. The van der Waals surface area contributed by atoms with Gasteiger partial charge >= 0.3 is 6.18 Å². The zero-order valence-corrected chi connectivity index (χ0v) is 7.32. The molecule has 2 heterocycles. The molecule has 0 aliphatic rings. The quantitative estimate of drug-likeness (QED) is 0.682. The van der Waals surface area contributed by atoms with Crippen molar-refractivity contribution in [2.24, 2.45) is 0 Å². The maximum absolute atomic E-state index is 12.4. The van der Waals surface area contributed by atoms with Gasteiger partial charge in [0, 0.05) is 18.6 Å². The molecule has 0 atom stereocenters. The van der Waals surface area contributed by atoms with Crippen LogP contribution in [0.5, 0.6) is 0 Å². The van der Waals surface area contributed by atoms with E-state index in [1.807, 2.05) is 0 Å². The molecule has 0 saturated heterocycles. The van der Waals surface area contributed by atoms with Crippen LogP contribution in [0.15, 0.2) is 24.7 Å². The molecule has 2 aromatic rings. The van der Waals surface area contributed by atoms with Crippen molar-refractivity contribution < 1.29 is 18.0 Å². The van der Waals surface area contributed by atoms with E-state index in [4.69, 9.17) is 0 Å². The Morgan fingerprint density at radius 2 is 2.13 bits per heavy atom. The number of hydrogen-bond donors (Lipinski definition) is 0. The van der Waals surface area contributed by atoms with Gasteiger partial charge in [-0.1, -0.05) is 0 Å². The number of rotatable bonds is 1. The topological polar surface area (TPSA) is 34.4 Å². The maximum Gasteiger partial charge on any atom is 0.417 e. The summed E-state index contributed by atoms with van der Waals surface area (Å²) in [7, 11) is 0. The second-order valence-electron chi connectivity index (χ2n) is 2.96. The molecule has 0 saturated carbocycles. The van der Waals surface area contributed by atoms with Gasteiger partial charge in [0.1, 0.15) is 5.65 Å². The number of alkyl halides is 3. The largest absolute Gasteiger partial charge is 0.417 e. The van der Waals surface area contributed by atoms with Crippen molar-refractivity contribution >= 4 is 11.9 Å². The van der Waals surface area contributed by atoms with E-state index in [0.717, 1.165) is 12.3 Å². The molecular formula is C9H5F3N2O. The molecule has 0 amide bonds. The van der Waals surface area contributed by atoms with Crippen molar-refractivity contribution in [2.75, 3.05) is 0 Å². The third kappa shape index (κ3) is 1.58. The summed E-state index contributed by atoms with van der Waals surface area (Å²) in [6.07, 6.45) is -0.511. The molecule has 0 aromatic carbocycles. The number of carbonyl (C=O) groups is 1. The van der Waals surface area contributed by atoms with Crippen LogP contribution in [0.4, 0.5) is 13.2 Å². The minimum Gasteiger partial charge on any atom is -0.306 e. The van der Waals surface area contributed by atoms with E-state index in [-0.39, 0.29) is 11.2 Å². The number of aldehydes is 1. The SMILES string of the molecule is O=Cc1cc(C(F)(F)F)cn2ccnc12. The average Bonchev–Trinajstić information content (AvgIpc) is 2.62. The summed E-state index contributed by atoms with van der Waals surface area (Å²) in [5.41, 5.74) is -0.720. The van der Waals surface area contributed by atoms with Gasteiger partial charge in [-0.05, 0) is 6.07 Å². The van der Waals surface area contributed by atoms with Crippen LogP contribution in [0.2, 0.25) is 0 Å². The first-order chi connectivity index (χ1) is 7.02. The van der Waals surface area contributed by atoms with Gasteiger partial charge in [0.2, 0.25) is 0 Å². The number of aromatic nitrogens is 2. The summed E-state index contributed by atoms with van der Waals surface area (Å²) in [4.78, 5) is 14.4. The fraction of sp³-hybridized carbons (Fsp3) is 0.111. The van der Waals surface area contributed by atoms with Crippen LogP contribution in [-0.2, 0) is 6.18 Å². The average molecular weight is 214 g/mol. The van der Waals surface area contributed by atoms with Crippen LogP contribution in [0.3, 0.4) is 0 Å². The Hall–Kier alpha value is -1.85. The molecule has 0 unspecified atom stereocenters. The number of fused-ring (bicyclic) bond motifs is 1. The molecule has 2 rings (SSSR count). The molecule has 78 valence electrons. The number of imidazole rings is 1. The highest BCUT2D eigenvalue weighted by molar-refractivity contribution is 5.84. The monoisotopic (exact) mass is 214 g/mol. The Morgan fingerprint density at radius 1 is 1.40 bits per heavy atom. The Kier molecular flexibility index (Phi) is 1.99. The van der Waals surface area contributed by atoms with E-state index in [9.17, 15) is 18.0 Å². The van der Waals surface area contributed by atoms with E-state index in [1.165, 1.54) is 16.8 Å². The van der Waals surface area contributed by atoms with Gasteiger partial charge < -0.3 is 4.40 Å². The molecule has 0 bridgehead atoms. The van der Waals surface area contributed by atoms with Gasteiger partial charge in [0.15, 0.2) is 6.29 Å². The van der Waals surface area contributed by atoms with Gasteiger partial charge in [-0.2, -0.15) is 13.2 Å². The molecule has 15 heavy (non-hydrogen) atoms. The number of nitrogens with zero attached hydrogens (tertiary/aromatic N) is 2. The molecule has 0 fully saturated rings. The Labute approximate surface area is 82.2 Å². The van der Waals surface area contributed by atoms with E-state index in [1.54, 1.807) is 0 Å². The molecule has 0 radical (unpaired) electrons. The van der Waals surface area contributed by atoms with Crippen LogP contribution >= 0.6 is 0 Å². The van der Waals surface area contributed by atoms with E-state index < -0.39 is 11.7 Å². The molecule has 6 heteroatoms. The third-order valence-electron chi connectivity index (χ3n) is 1.97. The number of hydrogen-bond acceptors (Lipinski definition) is 2. The first kappa shape index (κ1) is 9.70. The van der Waals surface area contributed by atoms with E-state index >= 15 is 0 Å². The molecular weight excluding hydrogens is 209 g/mol. The zero-order chi connectivity index (χ0) is 11.1. The second-order valence-corrected chi connectivity index (χ2v) is 2.96. The highest BCUT2D eigenvalue weighted by atomic mass is 19.4. The van der Waals surface area contributed by atoms with E-state index in [2.05, 4.69) is 4.98 Å². The summed E-state index contributed by atoms with van der Waals surface area (Å²) in [5, 5.41) is 0. The third-order valence-corrected chi connectivity index (χ3v) is 1.97. The lowest BCUT2D eigenvalue weighted by molar-refractivity contribution is -0.137. The van der Waals surface area contributed by atoms with Crippen molar-refractivity contribution in [3.8, 4) is 0 Å². The lowest BCUT2D eigenvalue weighted by Crippen LogP contribution is -2.07. The number of carbonyl (C=O) groups excluding carboxylic acids is 1. The summed E-state index contributed by atoms with van der Waals surface area (Å²) in [5.74, 6) is 0. The molecule has 0 aliphatic heterocycles. The van der Waals surface area contributed by atoms with Crippen LogP contribution in [0.1, 0.15) is 15.9 Å². The van der Waals surface area contributed by atoms with Crippen molar-refractivity contribution in [1.82, 2.24) is 9.38 Å². The number of pyridine rings is 1. The minimum atomic E-state index is -4.46. The Morgan fingerprint density at radius 3 is 2.73 bits per heavy atom. The zero-order valence-electron chi connectivity index (χ0n) is 7.32. The fourth-order valence-electron chi connectivity index (χ4n) is 1.30. The molecule has 0 aliphatic carbocycles. The van der Waals surface area contributed by atoms with Gasteiger partial charge in [-0.15, -0.1) is 0 Å². The summed E-state index contributed by atoms with van der Waals surface area (Å²) < 4.78 is 38.3. The van der Waals surface area contributed by atoms with Crippen molar-refractivity contribution in [3.05, 3.63) is 35.8 Å². The predicted molar refractivity (Wildman–Crippen MR) is 45.6 cm³/mol. The number of halogens is 3. The van der Waals surface area contributed by atoms with Crippen LogP contribution in [0, 0.1) is 0 Å². The first-order valence-electron chi connectivity index (χ1n) is 4.01. The Bertz CT molecular complexity index is 516.